The van der Waals surface area contributed by atoms with Gasteiger partial charge in [0.05, 0.1) is 0 Å². The molecule has 32 heavy (non-hydrogen) atoms. The lowest BCUT2D eigenvalue weighted by atomic mass is 10.1. The third kappa shape index (κ3) is 6.73. The van der Waals surface area contributed by atoms with Gasteiger partial charge in [0.2, 0.25) is 5.91 Å². The Morgan fingerprint density at radius 1 is 1.09 bits per heavy atom. The Hall–Kier alpha value is -2.53. The van der Waals surface area contributed by atoms with E-state index in [1.54, 1.807) is 11.0 Å². The van der Waals surface area contributed by atoms with Gasteiger partial charge in [-0.15, -0.1) is 0 Å². The molecule has 0 saturated carbocycles. The summed E-state index contributed by atoms with van der Waals surface area (Å²) in [6.45, 7) is 12.0. The van der Waals surface area contributed by atoms with Gasteiger partial charge in [-0.3, -0.25) is 9.59 Å². The molecule has 2 aromatic carbocycles. The zero-order chi connectivity index (χ0) is 23.8. The minimum Gasteiger partial charge on any atom is -0.483 e. The molecule has 0 bridgehead atoms. The minimum absolute atomic E-state index is 0.0305. The fourth-order valence-corrected chi connectivity index (χ4v) is 3.74. The smallest absolute Gasteiger partial charge is 0.261 e. The van der Waals surface area contributed by atoms with E-state index in [-0.39, 0.29) is 31.0 Å². The molecule has 2 amide bonds. The quantitative estimate of drug-likeness (QED) is 0.521. The first kappa shape index (κ1) is 25.7. The van der Waals surface area contributed by atoms with E-state index in [9.17, 15) is 9.59 Å². The molecule has 2 aromatic rings. The summed E-state index contributed by atoms with van der Waals surface area (Å²) in [7, 11) is 0. The molecule has 0 heterocycles. The molecule has 6 heteroatoms. The first-order valence-electron chi connectivity index (χ1n) is 11.2. The highest BCUT2D eigenvalue weighted by Crippen LogP contribution is 2.24. The molecule has 0 fully saturated rings. The number of carbonyl (C=O) groups is 2. The number of rotatable bonds is 10. The predicted octanol–water partition coefficient (Wildman–Crippen LogP) is 5.37. The average Bonchev–Trinajstić information content (AvgIpc) is 2.75. The zero-order valence-electron chi connectivity index (χ0n) is 20.0. The Balaban J connectivity index is 2.29. The highest BCUT2D eigenvalue weighted by Gasteiger charge is 2.30. The fourth-order valence-electron chi connectivity index (χ4n) is 3.54. The molecule has 0 aliphatic rings. The summed E-state index contributed by atoms with van der Waals surface area (Å²) in [6.07, 6.45) is 1.30. The Bertz CT molecular complexity index is 945. The van der Waals surface area contributed by atoms with Gasteiger partial charge in [0.1, 0.15) is 11.8 Å². The van der Waals surface area contributed by atoms with Gasteiger partial charge in [0.25, 0.3) is 5.91 Å². The van der Waals surface area contributed by atoms with Crippen molar-refractivity contribution in [1.29, 1.82) is 0 Å². The normalized spacial score (nSPS) is 12.7. The molecule has 0 saturated heterocycles. The number of amides is 2. The number of hydrogen-bond donors (Lipinski definition) is 1. The lowest BCUT2D eigenvalue weighted by Gasteiger charge is -2.31. The van der Waals surface area contributed by atoms with Crippen LogP contribution < -0.4 is 10.1 Å². The van der Waals surface area contributed by atoms with Gasteiger partial charge in [0.15, 0.2) is 6.61 Å². The van der Waals surface area contributed by atoms with Crippen LogP contribution in [-0.4, -0.2) is 35.4 Å². The van der Waals surface area contributed by atoms with Crippen LogP contribution >= 0.6 is 11.6 Å². The van der Waals surface area contributed by atoms with Crippen molar-refractivity contribution < 1.29 is 14.3 Å². The van der Waals surface area contributed by atoms with Gasteiger partial charge in [-0.25, -0.2) is 0 Å². The Morgan fingerprint density at radius 2 is 1.78 bits per heavy atom. The van der Waals surface area contributed by atoms with Crippen LogP contribution in [-0.2, 0) is 16.1 Å². The predicted molar refractivity (Wildman–Crippen MR) is 130 cm³/mol. The van der Waals surface area contributed by atoms with Crippen LogP contribution in [0.4, 0.5) is 0 Å². The molecule has 0 unspecified atom stereocenters. The summed E-state index contributed by atoms with van der Waals surface area (Å²) in [5.74, 6) is 0.269. The van der Waals surface area contributed by atoms with Gasteiger partial charge in [-0.1, -0.05) is 49.7 Å². The van der Waals surface area contributed by atoms with Gasteiger partial charge in [0, 0.05) is 17.6 Å². The number of halogens is 1. The molecular weight excluding hydrogens is 424 g/mol. The van der Waals surface area contributed by atoms with E-state index in [0.717, 1.165) is 28.7 Å². The van der Waals surface area contributed by atoms with Crippen molar-refractivity contribution in [3.05, 3.63) is 63.7 Å². The van der Waals surface area contributed by atoms with Crippen LogP contribution in [0.15, 0.2) is 36.4 Å². The third-order valence-electron chi connectivity index (χ3n) is 5.80. The van der Waals surface area contributed by atoms with Crippen LogP contribution in [0.25, 0.3) is 0 Å². The van der Waals surface area contributed by atoms with Crippen LogP contribution in [0.1, 0.15) is 55.9 Å². The van der Waals surface area contributed by atoms with Crippen molar-refractivity contribution in [2.75, 3.05) is 6.61 Å². The second-order valence-electron chi connectivity index (χ2n) is 8.35. The monoisotopic (exact) mass is 458 g/mol. The number of ether oxygens (including phenoxy) is 1. The van der Waals surface area contributed by atoms with Gasteiger partial charge < -0.3 is 15.0 Å². The molecule has 5 nitrogen and oxygen atoms in total. The largest absolute Gasteiger partial charge is 0.483 e. The van der Waals surface area contributed by atoms with Crippen molar-refractivity contribution >= 4 is 23.4 Å². The summed E-state index contributed by atoms with van der Waals surface area (Å²) in [6, 6.07) is 10.8. The number of nitrogens with zero attached hydrogens (tertiary/aromatic N) is 1. The molecule has 2 atom stereocenters. The molecule has 0 aliphatic carbocycles. The fraction of sp³-hybridized carbons (Fsp3) is 0.462. The molecule has 0 aliphatic heterocycles. The Kier molecular flexibility index (Phi) is 9.58. The maximum Gasteiger partial charge on any atom is 0.261 e. The maximum absolute atomic E-state index is 13.4. The zero-order valence-corrected chi connectivity index (χ0v) is 20.8. The van der Waals surface area contributed by atoms with E-state index in [4.69, 9.17) is 16.3 Å². The molecule has 2 rings (SSSR count). The van der Waals surface area contributed by atoms with Crippen LogP contribution in [0.3, 0.4) is 0 Å². The first-order valence-corrected chi connectivity index (χ1v) is 11.6. The Labute approximate surface area is 197 Å². The maximum atomic E-state index is 13.4. The SMILES string of the molecule is CC[C@H](C)NC(=O)[C@H](CC)N(Cc1ccccc1Cl)C(=O)COc1cc(C)cc(C)c1C. The average molecular weight is 459 g/mol. The lowest BCUT2D eigenvalue weighted by Crippen LogP contribution is -2.51. The highest BCUT2D eigenvalue weighted by molar-refractivity contribution is 6.31. The van der Waals surface area contributed by atoms with Crippen LogP contribution in [0.5, 0.6) is 5.75 Å². The summed E-state index contributed by atoms with van der Waals surface area (Å²) in [5, 5.41) is 3.57. The van der Waals surface area contributed by atoms with E-state index < -0.39 is 6.04 Å². The van der Waals surface area contributed by atoms with Crippen molar-refractivity contribution in [2.45, 2.75) is 73.0 Å². The molecule has 0 radical (unpaired) electrons. The highest BCUT2D eigenvalue weighted by atomic mass is 35.5. The van der Waals surface area contributed by atoms with Gasteiger partial charge >= 0.3 is 0 Å². The molecular formula is C26H35ClN2O3. The topological polar surface area (TPSA) is 58.6 Å². The molecule has 1 N–H and O–H groups in total. The second-order valence-corrected chi connectivity index (χ2v) is 8.76. The van der Waals surface area contributed by atoms with E-state index in [2.05, 4.69) is 11.4 Å². The molecule has 0 aromatic heterocycles. The number of aryl methyl sites for hydroxylation is 2. The summed E-state index contributed by atoms with van der Waals surface area (Å²) in [5.41, 5.74) is 3.98. The minimum atomic E-state index is -0.614. The number of benzene rings is 2. The number of carbonyl (C=O) groups excluding carboxylic acids is 2. The number of hydrogen-bond acceptors (Lipinski definition) is 3. The van der Waals surface area contributed by atoms with E-state index in [1.807, 2.05) is 65.8 Å². The van der Waals surface area contributed by atoms with E-state index in [0.29, 0.717) is 17.2 Å². The van der Waals surface area contributed by atoms with Crippen LogP contribution in [0.2, 0.25) is 5.02 Å². The summed E-state index contributed by atoms with van der Waals surface area (Å²) >= 11 is 6.37. The third-order valence-corrected chi connectivity index (χ3v) is 6.17. The first-order chi connectivity index (χ1) is 15.2. The molecule has 0 spiro atoms. The van der Waals surface area contributed by atoms with E-state index >= 15 is 0 Å². The van der Waals surface area contributed by atoms with Crippen molar-refractivity contribution in [3.8, 4) is 5.75 Å². The number of nitrogens with one attached hydrogen (secondary N) is 1. The van der Waals surface area contributed by atoms with Gasteiger partial charge in [-0.2, -0.15) is 0 Å². The summed E-state index contributed by atoms with van der Waals surface area (Å²) in [4.78, 5) is 27.9. The van der Waals surface area contributed by atoms with Crippen LogP contribution in [0, 0.1) is 20.8 Å². The van der Waals surface area contributed by atoms with Crippen molar-refractivity contribution in [3.63, 3.8) is 0 Å². The standard InChI is InChI=1S/C26H35ClN2O3/c1-7-19(5)28-26(31)23(8-2)29(15-21-11-9-10-12-22(21)27)25(30)16-32-24-14-17(3)13-18(4)20(24)6/h9-14,19,23H,7-8,15-16H2,1-6H3,(H,28,31)/t19-,23-/m0/s1. The lowest BCUT2D eigenvalue weighted by molar-refractivity contribution is -0.143. The van der Waals surface area contributed by atoms with Crippen molar-refractivity contribution in [2.24, 2.45) is 0 Å². The molecule has 174 valence electrons. The van der Waals surface area contributed by atoms with Gasteiger partial charge in [-0.05, 0) is 74.9 Å². The van der Waals surface area contributed by atoms with Crippen molar-refractivity contribution in [1.82, 2.24) is 10.2 Å². The Morgan fingerprint density at radius 3 is 2.41 bits per heavy atom. The summed E-state index contributed by atoms with van der Waals surface area (Å²) < 4.78 is 5.93. The second kappa shape index (κ2) is 11.9. The van der Waals surface area contributed by atoms with E-state index in [1.165, 1.54) is 0 Å².